The zero-order valence-electron chi connectivity index (χ0n) is 9.44. The Labute approximate surface area is 90.9 Å². The molecule has 0 bridgehead atoms. The van der Waals surface area contributed by atoms with E-state index < -0.39 is 0 Å². The molecule has 1 aliphatic rings. The van der Waals surface area contributed by atoms with E-state index in [-0.39, 0.29) is 6.17 Å². The molecule has 0 radical (unpaired) electrons. The normalized spacial score (nSPS) is 20.3. The van der Waals surface area contributed by atoms with Crippen molar-refractivity contribution in [3.8, 4) is 0 Å². The second kappa shape index (κ2) is 3.89. The Balaban J connectivity index is 2.26. The van der Waals surface area contributed by atoms with Gasteiger partial charge in [0.1, 0.15) is 6.17 Å². The van der Waals surface area contributed by atoms with E-state index in [1.165, 1.54) is 16.7 Å². The van der Waals surface area contributed by atoms with Gasteiger partial charge in [0.15, 0.2) is 0 Å². The molecule has 0 saturated carbocycles. The van der Waals surface area contributed by atoms with Gasteiger partial charge in [-0.05, 0) is 25.0 Å². The molecular weight excluding hydrogens is 184 g/mol. The van der Waals surface area contributed by atoms with Gasteiger partial charge in [0.25, 0.3) is 0 Å². The van der Waals surface area contributed by atoms with E-state index in [1.54, 1.807) is 0 Å². The van der Waals surface area contributed by atoms with Crippen molar-refractivity contribution in [3.05, 3.63) is 47.2 Å². The fourth-order valence-corrected chi connectivity index (χ4v) is 1.78. The minimum absolute atomic E-state index is 0.134. The molecule has 1 aromatic rings. The third kappa shape index (κ3) is 2.09. The van der Waals surface area contributed by atoms with Crippen LogP contribution in [0.2, 0.25) is 0 Å². The molecule has 2 rings (SSSR count). The Morgan fingerprint density at radius 2 is 1.80 bits per heavy atom. The summed E-state index contributed by atoms with van der Waals surface area (Å²) in [6.07, 6.45) is 4.19. The van der Waals surface area contributed by atoms with Gasteiger partial charge in [-0.1, -0.05) is 29.8 Å². The zero-order valence-corrected chi connectivity index (χ0v) is 9.44. The fourth-order valence-electron chi connectivity index (χ4n) is 1.78. The Morgan fingerprint density at radius 1 is 1.13 bits per heavy atom. The molecule has 0 aromatic heterocycles. The number of benzene rings is 1. The van der Waals surface area contributed by atoms with E-state index in [0.29, 0.717) is 0 Å². The Kier molecular flexibility index (Phi) is 2.58. The molecule has 78 valence electrons. The minimum Gasteiger partial charge on any atom is -0.355 e. The van der Waals surface area contributed by atoms with Crippen LogP contribution in [0.5, 0.6) is 0 Å². The van der Waals surface area contributed by atoms with Crippen molar-refractivity contribution in [1.82, 2.24) is 4.90 Å². The highest BCUT2D eigenvalue weighted by Crippen LogP contribution is 2.24. The molecule has 0 saturated heterocycles. The maximum absolute atomic E-state index is 4.52. The van der Waals surface area contributed by atoms with Gasteiger partial charge >= 0.3 is 0 Å². The molecule has 1 unspecified atom stereocenters. The lowest BCUT2D eigenvalue weighted by Gasteiger charge is -2.27. The maximum atomic E-state index is 4.52. The first-order valence-electron chi connectivity index (χ1n) is 5.17. The van der Waals surface area contributed by atoms with Crippen LogP contribution < -0.4 is 0 Å². The molecule has 0 N–H and O–H groups in total. The topological polar surface area (TPSA) is 15.6 Å². The van der Waals surface area contributed by atoms with Gasteiger partial charge in [0.2, 0.25) is 0 Å². The lowest BCUT2D eigenvalue weighted by atomic mass is 10.1. The predicted molar refractivity (Wildman–Crippen MR) is 63.9 cm³/mol. The largest absolute Gasteiger partial charge is 0.355 e. The monoisotopic (exact) mass is 200 g/mol. The first-order valence-corrected chi connectivity index (χ1v) is 5.17. The molecule has 1 atom stereocenters. The molecule has 0 aliphatic carbocycles. The molecular formula is C13H16N2. The molecule has 0 fully saturated rings. The van der Waals surface area contributed by atoms with Crippen LogP contribution in [0, 0.1) is 6.92 Å². The van der Waals surface area contributed by atoms with Crippen molar-refractivity contribution in [2.75, 3.05) is 7.05 Å². The summed E-state index contributed by atoms with van der Waals surface area (Å²) in [5.74, 6) is 0. The summed E-state index contributed by atoms with van der Waals surface area (Å²) in [6, 6.07) is 8.54. The first kappa shape index (κ1) is 9.97. The van der Waals surface area contributed by atoms with Gasteiger partial charge in [-0.2, -0.15) is 0 Å². The second-order valence-corrected chi connectivity index (χ2v) is 4.10. The number of hydrogen-bond donors (Lipinski definition) is 0. The van der Waals surface area contributed by atoms with Gasteiger partial charge in [-0.3, -0.25) is 4.99 Å². The van der Waals surface area contributed by atoms with Crippen molar-refractivity contribution in [2.45, 2.75) is 20.0 Å². The molecule has 1 aliphatic heterocycles. The third-order valence-corrected chi connectivity index (χ3v) is 2.59. The Morgan fingerprint density at radius 3 is 2.40 bits per heavy atom. The van der Waals surface area contributed by atoms with Crippen LogP contribution in [0.15, 0.2) is 41.0 Å². The second-order valence-electron chi connectivity index (χ2n) is 4.10. The molecule has 15 heavy (non-hydrogen) atoms. The summed E-state index contributed by atoms with van der Waals surface area (Å²) in [4.78, 5) is 6.66. The van der Waals surface area contributed by atoms with Gasteiger partial charge in [0, 0.05) is 19.5 Å². The van der Waals surface area contributed by atoms with Crippen LogP contribution in [0.25, 0.3) is 0 Å². The molecule has 0 amide bonds. The average Bonchev–Trinajstić information content (AvgIpc) is 2.20. The lowest BCUT2D eigenvalue weighted by Crippen LogP contribution is -2.21. The third-order valence-electron chi connectivity index (χ3n) is 2.59. The molecule has 1 heterocycles. The first-order chi connectivity index (χ1) is 7.16. The maximum Gasteiger partial charge on any atom is 0.146 e. The summed E-state index contributed by atoms with van der Waals surface area (Å²) < 4.78 is 0. The van der Waals surface area contributed by atoms with E-state index in [4.69, 9.17) is 0 Å². The van der Waals surface area contributed by atoms with Crippen molar-refractivity contribution < 1.29 is 0 Å². The Hall–Kier alpha value is -1.57. The quantitative estimate of drug-likeness (QED) is 0.680. The molecule has 2 nitrogen and oxygen atoms in total. The SMILES string of the molecule is CC1=CN(C)C(c2ccc(C)cc2)N=C1. The van der Waals surface area contributed by atoms with Crippen LogP contribution in [0.3, 0.4) is 0 Å². The summed E-state index contributed by atoms with van der Waals surface area (Å²) in [5.41, 5.74) is 3.72. The van der Waals surface area contributed by atoms with Crippen molar-refractivity contribution in [1.29, 1.82) is 0 Å². The number of allylic oxidation sites excluding steroid dienone is 1. The molecule has 0 spiro atoms. The lowest BCUT2D eigenvalue weighted by molar-refractivity contribution is 0.342. The van der Waals surface area contributed by atoms with E-state index in [0.717, 1.165) is 0 Å². The highest BCUT2D eigenvalue weighted by Gasteiger charge is 2.15. The minimum atomic E-state index is 0.134. The van der Waals surface area contributed by atoms with Crippen molar-refractivity contribution in [2.24, 2.45) is 4.99 Å². The van der Waals surface area contributed by atoms with Crippen LogP contribution in [-0.4, -0.2) is 18.2 Å². The van der Waals surface area contributed by atoms with Crippen LogP contribution in [0.4, 0.5) is 0 Å². The van der Waals surface area contributed by atoms with Gasteiger partial charge in [-0.15, -0.1) is 0 Å². The summed E-state index contributed by atoms with van der Waals surface area (Å²) >= 11 is 0. The standard InChI is InChI=1S/C13H16N2/c1-10-4-6-12(7-5-10)13-14-8-11(2)9-15(13)3/h4-9,13H,1-3H3. The van der Waals surface area contributed by atoms with Crippen LogP contribution in [-0.2, 0) is 0 Å². The van der Waals surface area contributed by atoms with Gasteiger partial charge in [0.05, 0.1) is 0 Å². The van der Waals surface area contributed by atoms with E-state index in [1.807, 2.05) is 6.21 Å². The van der Waals surface area contributed by atoms with Gasteiger partial charge in [-0.25, -0.2) is 0 Å². The molecule has 2 heteroatoms. The van der Waals surface area contributed by atoms with Crippen LogP contribution in [0.1, 0.15) is 24.2 Å². The zero-order chi connectivity index (χ0) is 10.8. The predicted octanol–water partition coefficient (Wildman–Crippen LogP) is 2.91. The summed E-state index contributed by atoms with van der Waals surface area (Å²) in [7, 11) is 2.06. The number of aliphatic imine (C=N–C) groups is 1. The fraction of sp³-hybridized carbons (Fsp3) is 0.308. The number of aryl methyl sites for hydroxylation is 1. The van der Waals surface area contributed by atoms with Crippen molar-refractivity contribution >= 4 is 6.21 Å². The van der Waals surface area contributed by atoms with Gasteiger partial charge < -0.3 is 4.90 Å². The number of nitrogens with zero attached hydrogens (tertiary/aromatic N) is 2. The number of rotatable bonds is 1. The van der Waals surface area contributed by atoms with Crippen LogP contribution >= 0.6 is 0 Å². The highest BCUT2D eigenvalue weighted by atomic mass is 15.2. The number of hydrogen-bond acceptors (Lipinski definition) is 2. The van der Waals surface area contributed by atoms with E-state index >= 15 is 0 Å². The molecule has 1 aromatic carbocycles. The smallest absolute Gasteiger partial charge is 0.146 e. The summed E-state index contributed by atoms with van der Waals surface area (Å²) in [5, 5.41) is 0. The Bertz CT molecular complexity index is 401. The van der Waals surface area contributed by atoms with Crippen molar-refractivity contribution in [3.63, 3.8) is 0 Å². The van der Waals surface area contributed by atoms with E-state index in [9.17, 15) is 0 Å². The van der Waals surface area contributed by atoms with E-state index in [2.05, 4.69) is 61.3 Å². The summed E-state index contributed by atoms with van der Waals surface area (Å²) in [6.45, 7) is 4.16. The highest BCUT2D eigenvalue weighted by molar-refractivity contribution is 5.78. The average molecular weight is 200 g/mol.